The Balaban J connectivity index is 1.66. The lowest BCUT2D eigenvalue weighted by Crippen LogP contribution is -2.26. The molecule has 0 heterocycles. The van der Waals surface area contributed by atoms with Crippen LogP contribution in [0.5, 0.6) is 0 Å². The number of nitrogens with two attached hydrogens (primary N) is 1. The maximum atomic E-state index is 5.92. The molecule has 0 atom stereocenters. The van der Waals surface area contributed by atoms with E-state index in [9.17, 15) is 0 Å². The lowest BCUT2D eigenvalue weighted by molar-refractivity contribution is 0.00356. The molecule has 76 valence electrons. The molecule has 2 saturated carbocycles. The number of rotatable bonds is 4. The fraction of sp³-hybridized carbons (Fsp3) is 1.00. The van der Waals surface area contributed by atoms with Gasteiger partial charge in [0, 0.05) is 12.0 Å². The van der Waals surface area contributed by atoms with Gasteiger partial charge in [0.1, 0.15) is 0 Å². The Kier molecular flexibility index (Phi) is 2.89. The van der Waals surface area contributed by atoms with E-state index in [1.165, 1.54) is 44.9 Å². The summed E-state index contributed by atoms with van der Waals surface area (Å²) in [5.41, 5.74) is 6.10. The van der Waals surface area contributed by atoms with E-state index in [-0.39, 0.29) is 0 Å². The number of hydrogen-bond donors (Lipinski definition) is 1. The second-order valence-electron chi connectivity index (χ2n) is 4.78. The van der Waals surface area contributed by atoms with E-state index in [0.717, 1.165) is 13.2 Å². The maximum Gasteiger partial charge on any atom is 0.0575 e. The fourth-order valence-corrected chi connectivity index (χ4v) is 2.11. The molecule has 0 aromatic heterocycles. The molecule has 2 fully saturated rings. The lowest BCUT2D eigenvalue weighted by Gasteiger charge is -2.24. The topological polar surface area (TPSA) is 35.2 Å². The first-order valence-electron chi connectivity index (χ1n) is 5.66. The molecule has 2 heteroatoms. The van der Waals surface area contributed by atoms with E-state index in [1.54, 1.807) is 0 Å². The van der Waals surface area contributed by atoms with E-state index >= 15 is 0 Å². The molecule has 0 amide bonds. The highest BCUT2D eigenvalue weighted by Gasteiger charge is 2.41. The van der Waals surface area contributed by atoms with E-state index in [0.29, 0.717) is 11.5 Å². The van der Waals surface area contributed by atoms with Gasteiger partial charge in [0.15, 0.2) is 0 Å². The molecule has 2 rings (SSSR count). The maximum absolute atomic E-state index is 5.92. The average molecular weight is 183 g/mol. The predicted octanol–water partition coefficient (Wildman–Crippen LogP) is 2.07. The highest BCUT2D eigenvalue weighted by atomic mass is 16.5. The summed E-state index contributed by atoms with van der Waals surface area (Å²) < 4.78 is 5.92. The van der Waals surface area contributed by atoms with Crippen LogP contribution >= 0.6 is 0 Å². The minimum absolute atomic E-state index is 0.400. The summed E-state index contributed by atoms with van der Waals surface area (Å²) in [6.07, 6.45) is 9.81. The van der Waals surface area contributed by atoms with Crippen molar-refractivity contribution in [3.8, 4) is 0 Å². The van der Waals surface area contributed by atoms with Crippen molar-refractivity contribution in [2.75, 3.05) is 13.2 Å². The number of hydrogen-bond acceptors (Lipinski definition) is 2. The van der Waals surface area contributed by atoms with Gasteiger partial charge in [-0.1, -0.05) is 19.3 Å². The van der Waals surface area contributed by atoms with Gasteiger partial charge in [0.05, 0.1) is 12.7 Å². The quantitative estimate of drug-likeness (QED) is 0.724. The smallest absolute Gasteiger partial charge is 0.0575 e. The minimum Gasteiger partial charge on any atom is -0.378 e. The van der Waals surface area contributed by atoms with Gasteiger partial charge in [-0.25, -0.2) is 0 Å². The highest BCUT2D eigenvalue weighted by Crippen LogP contribution is 2.45. The molecule has 0 aliphatic heterocycles. The van der Waals surface area contributed by atoms with E-state index < -0.39 is 0 Å². The molecule has 2 nitrogen and oxygen atoms in total. The Labute approximate surface area is 80.8 Å². The summed E-state index contributed by atoms with van der Waals surface area (Å²) in [7, 11) is 0. The van der Waals surface area contributed by atoms with Crippen LogP contribution in [0.2, 0.25) is 0 Å². The summed E-state index contributed by atoms with van der Waals surface area (Å²) in [6, 6.07) is 0. The van der Waals surface area contributed by atoms with Crippen LogP contribution in [-0.4, -0.2) is 19.3 Å². The Morgan fingerprint density at radius 2 is 1.85 bits per heavy atom. The van der Waals surface area contributed by atoms with Crippen molar-refractivity contribution in [1.82, 2.24) is 0 Å². The molecule has 0 aromatic rings. The predicted molar refractivity (Wildman–Crippen MR) is 53.5 cm³/mol. The van der Waals surface area contributed by atoms with E-state index in [4.69, 9.17) is 10.5 Å². The molecule has 0 bridgehead atoms. The molecule has 2 aliphatic rings. The zero-order chi connectivity index (χ0) is 9.15. The van der Waals surface area contributed by atoms with Gasteiger partial charge < -0.3 is 10.5 Å². The second kappa shape index (κ2) is 3.97. The van der Waals surface area contributed by atoms with Gasteiger partial charge in [-0.3, -0.25) is 0 Å². The SMILES string of the molecule is NCC1(COC2CCCCC2)CC1. The van der Waals surface area contributed by atoms with Gasteiger partial charge in [0.2, 0.25) is 0 Å². The molecule has 2 N–H and O–H groups in total. The molecular formula is C11H21NO. The third-order valence-corrected chi connectivity index (χ3v) is 3.57. The van der Waals surface area contributed by atoms with Gasteiger partial charge >= 0.3 is 0 Å². The van der Waals surface area contributed by atoms with Crippen molar-refractivity contribution in [2.45, 2.75) is 51.0 Å². The van der Waals surface area contributed by atoms with Crippen molar-refractivity contribution in [2.24, 2.45) is 11.1 Å². The second-order valence-corrected chi connectivity index (χ2v) is 4.78. The average Bonchev–Trinajstić information content (AvgIpc) is 2.97. The van der Waals surface area contributed by atoms with Crippen LogP contribution in [-0.2, 0) is 4.74 Å². The standard InChI is InChI=1S/C11H21NO/c12-8-11(6-7-11)9-13-10-4-2-1-3-5-10/h10H,1-9,12H2. The van der Waals surface area contributed by atoms with Crippen LogP contribution in [0.3, 0.4) is 0 Å². The van der Waals surface area contributed by atoms with Crippen molar-refractivity contribution in [3.63, 3.8) is 0 Å². The van der Waals surface area contributed by atoms with Crippen LogP contribution in [0.25, 0.3) is 0 Å². The van der Waals surface area contributed by atoms with Crippen LogP contribution < -0.4 is 5.73 Å². The van der Waals surface area contributed by atoms with Gasteiger partial charge in [0.25, 0.3) is 0 Å². The lowest BCUT2D eigenvalue weighted by atomic mass is 9.97. The fourth-order valence-electron chi connectivity index (χ4n) is 2.11. The molecule has 0 saturated heterocycles. The van der Waals surface area contributed by atoms with E-state index in [2.05, 4.69) is 0 Å². The first-order chi connectivity index (χ1) is 6.35. The zero-order valence-corrected chi connectivity index (χ0v) is 8.43. The van der Waals surface area contributed by atoms with Crippen LogP contribution in [0.15, 0.2) is 0 Å². The molecular weight excluding hydrogens is 162 g/mol. The highest BCUT2D eigenvalue weighted by molar-refractivity contribution is 4.94. The van der Waals surface area contributed by atoms with Crippen molar-refractivity contribution >= 4 is 0 Å². The summed E-state index contributed by atoms with van der Waals surface area (Å²) >= 11 is 0. The normalized spacial score (nSPS) is 27.5. The minimum atomic E-state index is 0.400. The molecule has 0 spiro atoms. The molecule has 13 heavy (non-hydrogen) atoms. The summed E-state index contributed by atoms with van der Waals surface area (Å²) in [6.45, 7) is 1.74. The molecule has 0 radical (unpaired) electrons. The van der Waals surface area contributed by atoms with Crippen molar-refractivity contribution < 1.29 is 4.74 Å². The summed E-state index contributed by atoms with van der Waals surface area (Å²) in [4.78, 5) is 0. The van der Waals surface area contributed by atoms with Gasteiger partial charge in [-0.2, -0.15) is 0 Å². The molecule has 2 aliphatic carbocycles. The van der Waals surface area contributed by atoms with Crippen LogP contribution in [0, 0.1) is 5.41 Å². The Morgan fingerprint density at radius 1 is 1.15 bits per heavy atom. The van der Waals surface area contributed by atoms with Crippen molar-refractivity contribution in [3.05, 3.63) is 0 Å². The zero-order valence-electron chi connectivity index (χ0n) is 8.43. The Hall–Kier alpha value is -0.0800. The first-order valence-corrected chi connectivity index (χ1v) is 5.66. The van der Waals surface area contributed by atoms with E-state index in [1.807, 2.05) is 0 Å². The Bertz CT molecular complexity index is 159. The third kappa shape index (κ3) is 2.44. The molecule has 0 unspecified atom stereocenters. The Morgan fingerprint density at radius 3 is 2.38 bits per heavy atom. The van der Waals surface area contributed by atoms with Crippen LogP contribution in [0.4, 0.5) is 0 Å². The van der Waals surface area contributed by atoms with Crippen LogP contribution in [0.1, 0.15) is 44.9 Å². The number of ether oxygens (including phenoxy) is 1. The third-order valence-electron chi connectivity index (χ3n) is 3.57. The van der Waals surface area contributed by atoms with Gasteiger partial charge in [-0.05, 0) is 25.7 Å². The molecule has 0 aromatic carbocycles. The summed E-state index contributed by atoms with van der Waals surface area (Å²) in [5.74, 6) is 0. The van der Waals surface area contributed by atoms with Crippen molar-refractivity contribution in [1.29, 1.82) is 0 Å². The summed E-state index contributed by atoms with van der Waals surface area (Å²) in [5, 5.41) is 0. The monoisotopic (exact) mass is 183 g/mol. The first kappa shape index (κ1) is 9.47. The van der Waals surface area contributed by atoms with Gasteiger partial charge in [-0.15, -0.1) is 0 Å². The largest absolute Gasteiger partial charge is 0.378 e.